The molecule has 4 heteroatoms. The second kappa shape index (κ2) is 7.08. The molecule has 2 nitrogen and oxygen atoms in total. The van der Waals surface area contributed by atoms with E-state index >= 15 is 0 Å². The van der Waals surface area contributed by atoms with E-state index < -0.39 is 0 Å². The molecule has 1 aromatic carbocycles. The highest BCUT2D eigenvalue weighted by atomic mass is 79.9. The van der Waals surface area contributed by atoms with E-state index in [9.17, 15) is 0 Å². The van der Waals surface area contributed by atoms with Crippen LogP contribution in [0, 0.1) is 0 Å². The molecule has 2 aromatic rings. The lowest BCUT2D eigenvalue weighted by molar-refractivity contribution is 0.202. The monoisotopic (exact) mass is 340 g/mol. The van der Waals surface area contributed by atoms with Gasteiger partial charge in [-0.05, 0) is 29.0 Å². The van der Waals surface area contributed by atoms with Crippen molar-refractivity contribution in [3.63, 3.8) is 0 Å². The number of rotatable bonds is 6. The zero-order chi connectivity index (χ0) is 13.7. The molecule has 0 amide bonds. The van der Waals surface area contributed by atoms with Crippen LogP contribution in [0.3, 0.4) is 0 Å². The third-order valence-electron chi connectivity index (χ3n) is 2.97. The Kier molecular flexibility index (Phi) is 5.43. The van der Waals surface area contributed by atoms with Crippen molar-refractivity contribution in [1.82, 2.24) is 0 Å². The molecule has 0 fully saturated rings. The Morgan fingerprint density at radius 2 is 1.89 bits per heavy atom. The molecule has 1 aromatic heterocycles. The normalized spacial score (nSPS) is 12.4. The third kappa shape index (κ3) is 3.59. The maximum atomic E-state index is 5.37. The largest absolute Gasteiger partial charge is 0.496 e. The first kappa shape index (κ1) is 14.6. The van der Waals surface area contributed by atoms with Gasteiger partial charge in [0.05, 0.1) is 23.4 Å². The second-order valence-corrected chi connectivity index (χ2v) is 6.06. The molecule has 0 N–H and O–H groups in total. The van der Waals surface area contributed by atoms with Crippen molar-refractivity contribution in [2.75, 3.05) is 20.8 Å². The lowest BCUT2D eigenvalue weighted by Gasteiger charge is -2.11. The zero-order valence-corrected chi connectivity index (χ0v) is 13.5. The van der Waals surface area contributed by atoms with Crippen LogP contribution in [0.4, 0.5) is 0 Å². The fourth-order valence-electron chi connectivity index (χ4n) is 1.89. The van der Waals surface area contributed by atoms with Crippen LogP contribution < -0.4 is 4.74 Å². The van der Waals surface area contributed by atoms with E-state index in [1.54, 1.807) is 25.6 Å². The van der Waals surface area contributed by atoms with Crippen molar-refractivity contribution >= 4 is 27.3 Å². The summed E-state index contributed by atoms with van der Waals surface area (Å²) in [5, 5.41) is 2.05. The van der Waals surface area contributed by atoms with E-state index in [0.717, 1.165) is 18.8 Å². The zero-order valence-electron chi connectivity index (χ0n) is 11.1. The highest BCUT2D eigenvalue weighted by Crippen LogP contribution is 2.40. The van der Waals surface area contributed by atoms with Gasteiger partial charge in [0.1, 0.15) is 5.75 Å². The average molecular weight is 341 g/mol. The molecule has 0 aliphatic heterocycles. The molecule has 2 rings (SSSR count). The topological polar surface area (TPSA) is 18.5 Å². The van der Waals surface area contributed by atoms with E-state index in [1.165, 1.54) is 16.0 Å². The van der Waals surface area contributed by atoms with Crippen LogP contribution in [0.25, 0.3) is 0 Å². The Morgan fingerprint density at radius 1 is 1.16 bits per heavy atom. The molecule has 0 aliphatic rings. The van der Waals surface area contributed by atoms with Crippen molar-refractivity contribution < 1.29 is 9.47 Å². The molecule has 0 aliphatic carbocycles. The first-order chi connectivity index (χ1) is 9.26. The van der Waals surface area contributed by atoms with Crippen molar-refractivity contribution in [2.45, 2.75) is 11.2 Å². The summed E-state index contributed by atoms with van der Waals surface area (Å²) in [6, 6.07) is 10.6. The molecular formula is C15H17BrO2S. The Hall–Kier alpha value is -0.840. The smallest absolute Gasteiger partial charge is 0.134 e. The van der Waals surface area contributed by atoms with Gasteiger partial charge in [-0.1, -0.05) is 40.2 Å². The van der Waals surface area contributed by atoms with E-state index in [-0.39, 0.29) is 4.83 Å². The summed E-state index contributed by atoms with van der Waals surface area (Å²) in [5.74, 6) is 0.940. The highest BCUT2D eigenvalue weighted by Gasteiger charge is 2.16. The molecule has 1 unspecified atom stereocenters. The first-order valence-corrected chi connectivity index (χ1v) is 7.89. The minimum atomic E-state index is 0.180. The standard InChI is InChI=1S/C15H17BrO2S/c1-17-9-7-11-3-5-12(6-4-11)14(16)15-13(18-2)8-10-19-15/h3-6,8,10,14H,7,9H2,1-2H3. The number of halogens is 1. The fraction of sp³-hybridized carbons (Fsp3) is 0.333. The first-order valence-electron chi connectivity index (χ1n) is 6.09. The summed E-state index contributed by atoms with van der Waals surface area (Å²) in [7, 11) is 3.44. The van der Waals surface area contributed by atoms with Gasteiger partial charge in [0.2, 0.25) is 0 Å². The van der Waals surface area contributed by atoms with Crippen molar-refractivity contribution in [3.05, 3.63) is 51.7 Å². The molecule has 0 saturated heterocycles. The van der Waals surface area contributed by atoms with Crippen LogP contribution >= 0.6 is 27.3 Å². The molecule has 0 saturated carbocycles. The molecule has 1 atom stereocenters. The van der Waals surface area contributed by atoms with Crippen molar-refractivity contribution in [1.29, 1.82) is 0 Å². The summed E-state index contributed by atoms with van der Waals surface area (Å²) >= 11 is 5.45. The van der Waals surface area contributed by atoms with Crippen LogP contribution in [0.15, 0.2) is 35.7 Å². The lowest BCUT2D eigenvalue weighted by Crippen LogP contribution is -1.96. The van der Waals surface area contributed by atoms with Gasteiger partial charge in [-0.25, -0.2) is 0 Å². The molecule has 1 heterocycles. The molecule has 19 heavy (non-hydrogen) atoms. The molecule has 0 radical (unpaired) electrons. The second-order valence-electron chi connectivity index (χ2n) is 4.20. The van der Waals surface area contributed by atoms with Gasteiger partial charge in [0.15, 0.2) is 0 Å². The maximum absolute atomic E-state index is 5.37. The van der Waals surface area contributed by atoms with Crippen LogP contribution in [-0.2, 0) is 11.2 Å². The summed E-state index contributed by atoms with van der Waals surface area (Å²) in [6.07, 6.45) is 0.950. The van der Waals surface area contributed by atoms with Crippen LogP contribution in [-0.4, -0.2) is 20.8 Å². The maximum Gasteiger partial charge on any atom is 0.134 e. The third-order valence-corrected chi connectivity index (χ3v) is 5.23. The minimum Gasteiger partial charge on any atom is -0.496 e. The van der Waals surface area contributed by atoms with Crippen LogP contribution in [0.1, 0.15) is 20.8 Å². The quantitative estimate of drug-likeness (QED) is 0.724. The molecular weight excluding hydrogens is 324 g/mol. The number of ether oxygens (including phenoxy) is 2. The van der Waals surface area contributed by atoms with Crippen molar-refractivity contribution in [3.8, 4) is 5.75 Å². The summed E-state index contributed by atoms with van der Waals surface area (Å²) in [4.78, 5) is 1.38. The van der Waals surface area contributed by atoms with Gasteiger partial charge in [-0.2, -0.15) is 0 Å². The van der Waals surface area contributed by atoms with Gasteiger partial charge >= 0.3 is 0 Å². The van der Waals surface area contributed by atoms with E-state index in [4.69, 9.17) is 9.47 Å². The number of methoxy groups -OCH3 is 2. The fourth-order valence-corrected chi connectivity index (χ4v) is 3.60. The summed E-state index contributed by atoms with van der Waals surface area (Å²) in [5.41, 5.74) is 2.53. The van der Waals surface area contributed by atoms with E-state index in [2.05, 4.69) is 45.6 Å². The van der Waals surface area contributed by atoms with Gasteiger partial charge in [0, 0.05) is 7.11 Å². The van der Waals surface area contributed by atoms with Gasteiger partial charge in [-0.3, -0.25) is 0 Å². The molecule has 102 valence electrons. The number of thiophene rings is 1. The van der Waals surface area contributed by atoms with Crippen molar-refractivity contribution in [2.24, 2.45) is 0 Å². The van der Waals surface area contributed by atoms with Crippen LogP contribution in [0.5, 0.6) is 5.75 Å². The van der Waals surface area contributed by atoms with E-state index in [1.807, 2.05) is 6.07 Å². The van der Waals surface area contributed by atoms with Crippen LogP contribution in [0.2, 0.25) is 0 Å². The Labute approximate surface area is 126 Å². The molecule has 0 spiro atoms. The summed E-state index contributed by atoms with van der Waals surface area (Å²) in [6.45, 7) is 0.760. The molecule has 0 bridgehead atoms. The van der Waals surface area contributed by atoms with Gasteiger partial charge < -0.3 is 9.47 Å². The van der Waals surface area contributed by atoms with E-state index in [0.29, 0.717) is 0 Å². The summed E-state index contributed by atoms with van der Waals surface area (Å²) < 4.78 is 10.5. The predicted octanol–water partition coefficient (Wildman–Crippen LogP) is 4.43. The lowest BCUT2D eigenvalue weighted by atomic mass is 10.1. The number of alkyl halides is 1. The minimum absolute atomic E-state index is 0.180. The predicted molar refractivity (Wildman–Crippen MR) is 83.7 cm³/mol. The Morgan fingerprint density at radius 3 is 2.53 bits per heavy atom. The highest BCUT2D eigenvalue weighted by molar-refractivity contribution is 9.09. The Balaban J connectivity index is 2.13. The SMILES string of the molecule is COCCc1ccc(C(Br)c2sccc2OC)cc1. The average Bonchev–Trinajstić information content (AvgIpc) is 2.93. The van der Waals surface area contributed by atoms with Gasteiger partial charge in [0.25, 0.3) is 0 Å². The number of hydrogen-bond donors (Lipinski definition) is 0. The Bertz CT molecular complexity index is 507. The number of hydrogen-bond acceptors (Lipinski definition) is 3. The van der Waals surface area contributed by atoms with Gasteiger partial charge in [-0.15, -0.1) is 11.3 Å². The number of benzene rings is 1.